The molecule has 0 aromatic carbocycles. The number of halogens is 1. The lowest BCUT2D eigenvalue weighted by atomic mass is 10.3. The topological polar surface area (TPSA) is 28.2 Å². The van der Waals surface area contributed by atoms with Crippen LogP contribution in [-0.4, -0.2) is 37.1 Å². The molecular formula is C11H18BrN3. The van der Waals surface area contributed by atoms with E-state index in [9.17, 15) is 0 Å². The number of nitrogens with one attached hydrogen (secondary N) is 1. The van der Waals surface area contributed by atoms with Gasteiger partial charge in [0.05, 0.1) is 5.69 Å². The molecule has 0 spiro atoms. The molecule has 1 heterocycles. The lowest BCUT2D eigenvalue weighted by molar-refractivity contribution is 0.405. The van der Waals surface area contributed by atoms with Crippen molar-refractivity contribution in [1.82, 2.24) is 9.88 Å². The second-order valence-electron chi connectivity index (χ2n) is 3.85. The first-order chi connectivity index (χ1) is 7.09. The Morgan fingerprint density at radius 1 is 1.40 bits per heavy atom. The number of anilines is 1. The summed E-state index contributed by atoms with van der Waals surface area (Å²) in [5, 5.41) is 3.31. The first-order valence-corrected chi connectivity index (χ1v) is 5.90. The van der Waals surface area contributed by atoms with Crippen molar-refractivity contribution in [2.75, 3.05) is 32.5 Å². The van der Waals surface area contributed by atoms with E-state index in [-0.39, 0.29) is 0 Å². The molecule has 0 bridgehead atoms. The zero-order valence-electron chi connectivity index (χ0n) is 9.55. The van der Waals surface area contributed by atoms with Gasteiger partial charge in [0.15, 0.2) is 0 Å². The average molecular weight is 272 g/mol. The number of rotatable bonds is 5. The maximum absolute atomic E-state index is 4.42. The Hall–Kier alpha value is -0.610. The summed E-state index contributed by atoms with van der Waals surface area (Å²) >= 11 is 3.43. The number of nitrogens with zero attached hydrogens (tertiary/aromatic N) is 2. The van der Waals surface area contributed by atoms with Crippen LogP contribution in [0.25, 0.3) is 0 Å². The highest BCUT2D eigenvalue weighted by atomic mass is 79.9. The van der Waals surface area contributed by atoms with E-state index in [1.54, 1.807) is 0 Å². The predicted octanol–water partition coefficient (Wildman–Crippen LogP) is 2.52. The van der Waals surface area contributed by atoms with Gasteiger partial charge in [0.2, 0.25) is 0 Å². The van der Waals surface area contributed by atoms with E-state index >= 15 is 0 Å². The highest BCUT2D eigenvalue weighted by Crippen LogP contribution is 2.15. The summed E-state index contributed by atoms with van der Waals surface area (Å²) in [4.78, 5) is 6.60. The van der Waals surface area contributed by atoms with Crippen LogP contribution in [0.1, 0.15) is 12.1 Å². The minimum atomic E-state index is 0.953. The Morgan fingerprint density at radius 2 is 2.13 bits per heavy atom. The van der Waals surface area contributed by atoms with Gasteiger partial charge in [-0.05, 0) is 62.0 Å². The van der Waals surface area contributed by atoms with Gasteiger partial charge in [-0.3, -0.25) is 0 Å². The molecule has 0 fully saturated rings. The molecular weight excluding hydrogens is 254 g/mol. The van der Waals surface area contributed by atoms with Crippen LogP contribution in [0.15, 0.2) is 16.6 Å². The number of aryl methyl sites for hydroxylation is 1. The highest BCUT2D eigenvalue weighted by molar-refractivity contribution is 9.10. The number of hydrogen-bond acceptors (Lipinski definition) is 3. The van der Waals surface area contributed by atoms with Crippen molar-refractivity contribution in [3.05, 3.63) is 22.3 Å². The summed E-state index contributed by atoms with van der Waals surface area (Å²) in [5.74, 6) is 0.953. The number of hydrogen-bond donors (Lipinski definition) is 1. The van der Waals surface area contributed by atoms with Crippen LogP contribution in [0.4, 0.5) is 5.82 Å². The van der Waals surface area contributed by atoms with E-state index in [1.165, 1.54) is 0 Å². The summed E-state index contributed by atoms with van der Waals surface area (Å²) in [7, 11) is 4.17. The molecule has 1 rings (SSSR count). The molecule has 0 aliphatic rings. The predicted molar refractivity (Wildman–Crippen MR) is 68.3 cm³/mol. The monoisotopic (exact) mass is 271 g/mol. The van der Waals surface area contributed by atoms with Crippen molar-refractivity contribution in [3.63, 3.8) is 0 Å². The summed E-state index contributed by atoms with van der Waals surface area (Å²) in [6, 6.07) is 4.02. The first-order valence-electron chi connectivity index (χ1n) is 5.11. The fourth-order valence-corrected chi connectivity index (χ4v) is 1.48. The third-order valence-corrected chi connectivity index (χ3v) is 2.95. The molecule has 0 amide bonds. The maximum Gasteiger partial charge on any atom is 0.126 e. The van der Waals surface area contributed by atoms with Crippen LogP contribution in [0.5, 0.6) is 0 Å². The Kier molecular flexibility index (Phi) is 5.05. The molecule has 0 saturated carbocycles. The van der Waals surface area contributed by atoms with Crippen LogP contribution in [0.3, 0.4) is 0 Å². The van der Waals surface area contributed by atoms with Gasteiger partial charge < -0.3 is 10.2 Å². The van der Waals surface area contributed by atoms with E-state index in [1.807, 2.05) is 19.1 Å². The van der Waals surface area contributed by atoms with E-state index in [2.05, 4.69) is 45.2 Å². The van der Waals surface area contributed by atoms with E-state index in [4.69, 9.17) is 0 Å². The molecule has 1 aromatic heterocycles. The fourth-order valence-electron chi connectivity index (χ4n) is 1.25. The largest absolute Gasteiger partial charge is 0.370 e. The lowest BCUT2D eigenvalue weighted by Gasteiger charge is -2.10. The zero-order chi connectivity index (χ0) is 11.3. The number of aromatic nitrogens is 1. The van der Waals surface area contributed by atoms with Crippen molar-refractivity contribution in [2.45, 2.75) is 13.3 Å². The molecule has 0 unspecified atom stereocenters. The molecule has 1 aromatic rings. The Balaban J connectivity index is 2.35. The normalized spacial score (nSPS) is 10.7. The smallest absolute Gasteiger partial charge is 0.126 e. The van der Waals surface area contributed by atoms with Crippen LogP contribution < -0.4 is 5.32 Å². The molecule has 15 heavy (non-hydrogen) atoms. The molecule has 1 N–H and O–H groups in total. The van der Waals surface area contributed by atoms with Gasteiger partial charge in [-0.15, -0.1) is 0 Å². The van der Waals surface area contributed by atoms with Crippen LogP contribution in [0.2, 0.25) is 0 Å². The molecule has 3 nitrogen and oxygen atoms in total. The van der Waals surface area contributed by atoms with Crippen molar-refractivity contribution in [3.8, 4) is 0 Å². The fraction of sp³-hybridized carbons (Fsp3) is 0.545. The van der Waals surface area contributed by atoms with Crippen molar-refractivity contribution in [1.29, 1.82) is 0 Å². The molecule has 0 atom stereocenters. The SMILES string of the molecule is Cc1nc(NCCCN(C)C)ccc1Br. The molecule has 0 aliphatic heterocycles. The minimum Gasteiger partial charge on any atom is -0.370 e. The van der Waals surface area contributed by atoms with Crippen LogP contribution in [-0.2, 0) is 0 Å². The standard InChI is InChI=1S/C11H18BrN3/c1-9-10(12)5-6-11(14-9)13-7-4-8-15(2)3/h5-6H,4,7-8H2,1-3H3,(H,13,14). The van der Waals surface area contributed by atoms with Gasteiger partial charge in [0.1, 0.15) is 5.82 Å². The second-order valence-corrected chi connectivity index (χ2v) is 4.70. The van der Waals surface area contributed by atoms with Crippen molar-refractivity contribution >= 4 is 21.7 Å². The zero-order valence-corrected chi connectivity index (χ0v) is 11.1. The van der Waals surface area contributed by atoms with Crippen LogP contribution >= 0.6 is 15.9 Å². The van der Waals surface area contributed by atoms with Gasteiger partial charge in [-0.2, -0.15) is 0 Å². The van der Waals surface area contributed by atoms with Gasteiger partial charge in [-0.25, -0.2) is 4.98 Å². The Morgan fingerprint density at radius 3 is 2.73 bits per heavy atom. The molecule has 0 aliphatic carbocycles. The molecule has 84 valence electrons. The molecule has 4 heteroatoms. The van der Waals surface area contributed by atoms with E-state index < -0.39 is 0 Å². The Bertz CT molecular complexity index is 313. The number of pyridine rings is 1. The third-order valence-electron chi connectivity index (χ3n) is 2.11. The maximum atomic E-state index is 4.42. The second kappa shape index (κ2) is 6.08. The van der Waals surface area contributed by atoms with Crippen LogP contribution in [0, 0.1) is 6.92 Å². The van der Waals surface area contributed by atoms with Gasteiger partial charge in [-0.1, -0.05) is 0 Å². The summed E-state index contributed by atoms with van der Waals surface area (Å²) in [6.45, 7) is 4.06. The third kappa shape index (κ3) is 4.62. The Labute approximate surface area is 100 Å². The van der Waals surface area contributed by atoms with Gasteiger partial charge in [0.25, 0.3) is 0 Å². The average Bonchev–Trinajstić information content (AvgIpc) is 2.18. The summed E-state index contributed by atoms with van der Waals surface area (Å²) in [6.07, 6.45) is 1.13. The van der Waals surface area contributed by atoms with E-state index in [0.717, 1.165) is 35.5 Å². The molecule has 0 radical (unpaired) electrons. The quantitative estimate of drug-likeness (QED) is 0.835. The van der Waals surface area contributed by atoms with E-state index in [0.29, 0.717) is 0 Å². The summed E-state index contributed by atoms with van der Waals surface area (Å²) < 4.78 is 1.06. The van der Waals surface area contributed by atoms with Crippen molar-refractivity contribution < 1.29 is 0 Å². The molecule has 0 saturated heterocycles. The van der Waals surface area contributed by atoms with Gasteiger partial charge in [0, 0.05) is 11.0 Å². The lowest BCUT2D eigenvalue weighted by Crippen LogP contribution is -2.16. The van der Waals surface area contributed by atoms with Gasteiger partial charge >= 0.3 is 0 Å². The minimum absolute atomic E-state index is 0.953. The van der Waals surface area contributed by atoms with Crippen molar-refractivity contribution in [2.24, 2.45) is 0 Å². The first kappa shape index (κ1) is 12.5. The summed E-state index contributed by atoms with van der Waals surface area (Å²) in [5.41, 5.74) is 1.02. The highest BCUT2D eigenvalue weighted by Gasteiger charge is 1.98.